The van der Waals surface area contributed by atoms with E-state index in [1.165, 1.54) is 10.9 Å². The van der Waals surface area contributed by atoms with Crippen molar-refractivity contribution in [1.29, 1.82) is 0 Å². The molecular weight excluding hydrogens is 412 g/mol. The van der Waals surface area contributed by atoms with Crippen molar-refractivity contribution in [2.45, 2.75) is 17.9 Å². The molecular formula is C16H19F2N5O3S2. The number of thioether (sulfide) groups is 1. The zero-order chi connectivity index (χ0) is 20.1. The first-order chi connectivity index (χ1) is 13.4. The molecule has 8 nitrogen and oxygen atoms in total. The number of sulfonamides is 1. The van der Waals surface area contributed by atoms with Crippen molar-refractivity contribution in [3.63, 3.8) is 0 Å². The minimum absolute atomic E-state index is 0.0633. The van der Waals surface area contributed by atoms with Gasteiger partial charge in [0.25, 0.3) is 5.91 Å². The zero-order valence-electron chi connectivity index (χ0n) is 14.8. The smallest absolute Gasteiger partial charge is 0.276 e. The van der Waals surface area contributed by atoms with E-state index >= 15 is 0 Å². The van der Waals surface area contributed by atoms with E-state index in [1.807, 2.05) is 0 Å². The lowest BCUT2D eigenvalue weighted by molar-refractivity contribution is 0.0766. The van der Waals surface area contributed by atoms with E-state index in [2.05, 4.69) is 15.0 Å². The van der Waals surface area contributed by atoms with E-state index in [9.17, 15) is 22.0 Å². The number of hydrogen-bond acceptors (Lipinski definition) is 6. The second-order valence-corrected chi connectivity index (χ2v) is 9.09. The predicted molar refractivity (Wildman–Crippen MR) is 99.4 cm³/mol. The third-order valence-electron chi connectivity index (χ3n) is 4.11. The summed E-state index contributed by atoms with van der Waals surface area (Å²) in [6, 6.07) is 2.39. The van der Waals surface area contributed by atoms with Crippen LogP contribution in [-0.2, 0) is 16.6 Å². The molecule has 28 heavy (non-hydrogen) atoms. The van der Waals surface area contributed by atoms with Gasteiger partial charge in [-0.05, 0) is 24.6 Å². The van der Waals surface area contributed by atoms with Gasteiger partial charge in [-0.15, -0.1) is 5.10 Å². The van der Waals surface area contributed by atoms with E-state index in [1.54, 1.807) is 16.7 Å². The standard InChI is InChI=1S/C16H19F2N5O3S2/c17-13-3-2-12(10-14(13)18)28(25,26)19-4-1-5-23-11-15(20-21-23)16(24)22-6-8-27-9-7-22/h2-3,10-11,19H,1,4-9H2. The van der Waals surface area contributed by atoms with Crippen LogP contribution in [0, 0.1) is 11.6 Å². The Kier molecular flexibility index (Phi) is 6.62. The molecule has 1 aromatic carbocycles. The Hall–Kier alpha value is -2.05. The molecule has 1 saturated heterocycles. The number of carbonyl (C=O) groups is 1. The summed E-state index contributed by atoms with van der Waals surface area (Å²) in [5.74, 6) is -0.699. The molecule has 1 N–H and O–H groups in total. The number of aromatic nitrogens is 3. The third kappa shape index (κ3) is 5.06. The molecule has 1 aliphatic rings. The molecule has 152 valence electrons. The van der Waals surface area contributed by atoms with Crippen LogP contribution in [0.25, 0.3) is 0 Å². The lowest BCUT2D eigenvalue weighted by Crippen LogP contribution is -2.38. The molecule has 1 fully saturated rings. The summed E-state index contributed by atoms with van der Waals surface area (Å²) < 4.78 is 54.1. The normalized spacial score (nSPS) is 15.0. The summed E-state index contributed by atoms with van der Waals surface area (Å²) in [6.07, 6.45) is 1.91. The van der Waals surface area contributed by atoms with Crippen LogP contribution in [0.4, 0.5) is 8.78 Å². The van der Waals surface area contributed by atoms with E-state index in [0.717, 1.165) is 23.6 Å². The molecule has 0 aliphatic carbocycles. The molecule has 0 unspecified atom stereocenters. The van der Waals surface area contributed by atoms with Crippen molar-refractivity contribution in [3.05, 3.63) is 41.7 Å². The SMILES string of the molecule is O=C(c1cn(CCCNS(=O)(=O)c2ccc(F)c(F)c2)nn1)N1CCSCC1. The van der Waals surface area contributed by atoms with Crippen molar-refractivity contribution in [1.82, 2.24) is 24.6 Å². The average Bonchev–Trinajstić information content (AvgIpc) is 3.16. The number of nitrogens with zero attached hydrogens (tertiary/aromatic N) is 4. The highest BCUT2D eigenvalue weighted by Crippen LogP contribution is 2.14. The summed E-state index contributed by atoms with van der Waals surface area (Å²) in [7, 11) is -3.94. The van der Waals surface area contributed by atoms with Crippen LogP contribution >= 0.6 is 11.8 Å². The predicted octanol–water partition coefficient (Wildman–Crippen LogP) is 1.11. The number of benzene rings is 1. The number of hydrogen-bond donors (Lipinski definition) is 1. The van der Waals surface area contributed by atoms with Gasteiger partial charge in [0.2, 0.25) is 10.0 Å². The van der Waals surface area contributed by atoms with Crippen LogP contribution in [0.15, 0.2) is 29.3 Å². The van der Waals surface area contributed by atoms with Gasteiger partial charge in [-0.1, -0.05) is 5.21 Å². The van der Waals surface area contributed by atoms with Crippen LogP contribution in [0.5, 0.6) is 0 Å². The second kappa shape index (κ2) is 8.97. The Morgan fingerprint density at radius 3 is 2.68 bits per heavy atom. The van der Waals surface area contributed by atoms with Gasteiger partial charge >= 0.3 is 0 Å². The first kappa shape index (κ1) is 20.7. The quantitative estimate of drug-likeness (QED) is 0.660. The van der Waals surface area contributed by atoms with Crippen molar-refractivity contribution in [2.75, 3.05) is 31.1 Å². The molecule has 1 amide bonds. The number of carbonyl (C=O) groups excluding carboxylic acids is 1. The summed E-state index contributed by atoms with van der Waals surface area (Å²) in [5, 5.41) is 7.77. The van der Waals surface area contributed by atoms with Gasteiger partial charge in [0.15, 0.2) is 17.3 Å². The minimum atomic E-state index is -3.94. The maximum absolute atomic E-state index is 13.2. The molecule has 12 heteroatoms. The monoisotopic (exact) mass is 431 g/mol. The topological polar surface area (TPSA) is 97.2 Å². The molecule has 3 rings (SSSR count). The lowest BCUT2D eigenvalue weighted by atomic mass is 10.3. The third-order valence-corrected chi connectivity index (χ3v) is 6.51. The molecule has 0 saturated carbocycles. The fourth-order valence-electron chi connectivity index (χ4n) is 2.61. The molecule has 2 aromatic rings. The Bertz CT molecular complexity index is 946. The lowest BCUT2D eigenvalue weighted by Gasteiger charge is -2.25. The number of halogens is 2. The van der Waals surface area contributed by atoms with Crippen molar-refractivity contribution >= 4 is 27.7 Å². The van der Waals surface area contributed by atoms with Crippen LogP contribution < -0.4 is 4.72 Å². The van der Waals surface area contributed by atoms with Crippen LogP contribution in [0.2, 0.25) is 0 Å². The maximum atomic E-state index is 13.2. The fourth-order valence-corrected chi connectivity index (χ4v) is 4.60. The Labute approximate surface area is 165 Å². The molecule has 2 heterocycles. The fraction of sp³-hybridized carbons (Fsp3) is 0.438. The van der Waals surface area contributed by atoms with Gasteiger partial charge in [-0.2, -0.15) is 11.8 Å². The number of aryl methyl sites for hydroxylation is 1. The zero-order valence-corrected chi connectivity index (χ0v) is 16.5. The number of amides is 1. The molecule has 0 radical (unpaired) electrons. The van der Waals surface area contributed by atoms with E-state index < -0.39 is 21.7 Å². The van der Waals surface area contributed by atoms with E-state index in [0.29, 0.717) is 32.1 Å². The first-order valence-electron chi connectivity index (χ1n) is 8.59. The van der Waals surface area contributed by atoms with Crippen LogP contribution in [-0.4, -0.2) is 65.4 Å². The van der Waals surface area contributed by atoms with Gasteiger partial charge in [-0.25, -0.2) is 21.9 Å². The molecule has 1 aliphatic heterocycles. The second-order valence-electron chi connectivity index (χ2n) is 6.10. The summed E-state index contributed by atoms with van der Waals surface area (Å²) in [4.78, 5) is 13.7. The Morgan fingerprint density at radius 2 is 1.96 bits per heavy atom. The van der Waals surface area contributed by atoms with E-state index in [-0.39, 0.29) is 23.0 Å². The number of rotatable bonds is 7. The molecule has 1 aromatic heterocycles. The first-order valence-corrected chi connectivity index (χ1v) is 11.2. The Balaban J connectivity index is 1.49. The minimum Gasteiger partial charge on any atom is -0.336 e. The van der Waals surface area contributed by atoms with Gasteiger partial charge in [0, 0.05) is 37.7 Å². The summed E-state index contributed by atoms with van der Waals surface area (Å²) in [6.45, 7) is 1.77. The largest absolute Gasteiger partial charge is 0.336 e. The van der Waals surface area contributed by atoms with Crippen LogP contribution in [0.3, 0.4) is 0 Å². The molecule has 0 bridgehead atoms. The average molecular weight is 431 g/mol. The molecule has 0 atom stereocenters. The summed E-state index contributed by atoms with van der Waals surface area (Å²) in [5.41, 5.74) is 0.259. The molecule has 0 spiro atoms. The summed E-state index contributed by atoms with van der Waals surface area (Å²) >= 11 is 1.80. The van der Waals surface area contributed by atoms with Gasteiger partial charge in [-0.3, -0.25) is 9.48 Å². The Morgan fingerprint density at radius 1 is 1.21 bits per heavy atom. The van der Waals surface area contributed by atoms with Crippen molar-refractivity contribution in [2.24, 2.45) is 0 Å². The highest BCUT2D eigenvalue weighted by Gasteiger charge is 2.21. The van der Waals surface area contributed by atoms with Gasteiger partial charge < -0.3 is 4.90 Å². The number of nitrogens with one attached hydrogen (secondary N) is 1. The van der Waals surface area contributed by atoms with Gasteiger partial charge in [0.05, 0.1) is 11.1 Å². The maximum Gasteiger partial charge on any atom is 0.276 e. The van der Waals surface area contributed by atoms with Crippen molar-refractivity contribution < 1.29 is 22.0 Å². The van der Waals surface area contributed by atoms with Crippen LogP contribution in [0.1, 0.15) is 16.9 Å². The van der Waals surface area contributed by atoms with Crippen molar-refractivity contribution in [3.8, 4) is 0 Å². The van der Waals surface area contributed by atoms with Gasteiger partial charge in [0.1, 0.15) is 0 Å². The highest BCUT2D eigenvalue weighted by molar-refractivity contribution is 7.99. The van der Waals surface area contributed by atoms with E-state index in [4.69, 9.17) is 0 Å². The highest BCUT2D eigenvalue weighted by atomic mass is 32.2.